The predicted molar refractivity (Wildman–Crippen MR) is 129 cm³/mol. The molecule has 0 unspecified atom stereocenters. The molecule has 4 rings (SSSR count). The zero-order chi connectivity index (χ0) is 23.9. The summed E-state index contributed by atoms with van der Waals surface area (Å²) in [5.74, 6) is -1.06. The summed E-state index contributed by atoms with van der Waals surface area (Å²) >= 11 is 9.82. The summed E-state index contributed by atoms with van der Waals surface area (Å²) in [6, 6.07) is 6.68. The van der Waals surface area contributed by atoms with Gasteiger partial charge in [-0.25, -0.2) is 9.59 Å². The van der Waals surface area contributed by atoms with Crippen LogP contribution in [0, 0.1) is 0 Å². The van der Waals surface area contributed by atoms with Gasteiger partial charge in [-0.05, 0) is 84.4 Å². The Hall–Kier alpha value is -2.16. The largest absolute Gasteiger partial charge is 0.480 e. The van der Waals surface area contributed by atoms with Gasteiger partial charge in [-0.15, -0.1) is 0 Å². The first-order chi connectivity index (χ1) is 15.5. The number of aliphatic carboxylic acids is 1. The van der Waals surface area contributed by atoms with Crippen molar-refractivity contribution in [1.29, 1.82) is 0 Å². The van der Waals surface area contributed by atoms with Crippen molar-refractivity contribution in [3.05, 3.63) is 62.3 Å². The molecule has 1 aromatic heterocycles. The fraction of sp³-hybridized carbons (Fsp3) is 0.458. The number of ether oxygens (including phenoxy) is 1. The van der Waals surface area contributed by atoms with E-state index in [0.29, 0.717) is 11.6 Å². The van der Waals surface area contributed by atoms with Gasteiger partial charge < -0.3 is 9.84 Å². The molecule has 7 nitrogen and oxygen atoms in total. The molecule has 0 spiro atoms. The predicted octanol–water partition coefficient (Wildman–Crippen LogP) is 4.69. The van der Waals surface area contributed by atoms with Crippen LogP contribution >= 0.6 is 27.5 Å². The van der Waals surface area contributed by atoms with Crippen LogP contribution in [0.15, 0.2) is 34.9 Å². The molecule has 2 aliphatic rings. The van der Waals surface area contributed by atoms with Crippen LogP contribution in [0.25, 0.3) is 0 Å². The second-order valence-corrected chi connectivity index (χ2v) is 10.8. The number of carbonyl (C=O) groups excluding carboxylic acids is 1. The Morgan fingerprint density at radius 2 is 1.91 bits per heavy atom. The normalized spacial score (nSPS) is 21.1. The number of benzene rings is 1. The van der Waals surface area contributed by atoms with Gasteiger partial charge in [0.1, 0.15) is 11.6 Å². The number of pyridine rings is 1. The van der Waals surface area contributed by atoms with Crippen LogP contribution in [0.1, 0.15) is 49.2 Å². The first-order valence-electron chi connectivity index (χ1n) is 10.9. The van der Waals surface area contributed by atoms with Crippen LogP contribution < -0.4 is 0 Å². The molecule has 1 aromatic carbocycles. The Kier molecular flexibility index (Phi) is 6.71. The zero-order valence-electron chi connectivity index (χ0n) is 18.8. The molecule has 1 aliphatic carbocycles. The lowest BCUT2D eigenvalue weighted by Crippen LogP contribution is -2.59. The van der Waals surface area contributed by atoms with Gasteiger partial charge in [-0.3, -0.25) is 14.8 Å². The van der Waals surface area contributed by atoms with Crippen LogP contribution in [0.5, 0.6) is 0 Å². The Morgan fingerprint density at radius 1 is 1.18 bits per heavy atom. The number of hydrogen-bond acceptors (Lipinski definition) is 5. The van der Waals surface area contributed by atoms with Gasteiger partial charge in [0.05, 0.1) is 11.7 Å². The number of hydrogen-bond donors (Lipinski definition) is 1. The first kappa shape index (κ1) is 24.0. The summed E-state index contributed by atoms with van der Waals surface area (Å²) in [6.07, 6.45) is 2.80. The minimum Gasteiger partial charge on any atom is -0.480 e. The highest BCUT2D eigenvalue weighted by atomic mass is 79.9. The Bertz CT molecular complexity index is 1030. The number of carbonyl (C=O) groups is 2. The molecule has 2 heterocycles. The molecule has 0 bridgehead atoms. The van der Waals surface area contributed by atoms with Crippen molar-refractivity contribution in [2.24, 2.45) is 0 Å². The summed E-state index contributed by atoms with van der Waals surface area (Å²) in [4.78, 5) is 33.1. The highest BCUT2D eigenvalue weighted by molar-refractivity contribution is 9.10. The number of carboxylic acids is 1. The van der Waals surface area contributed by atoms with E-state index in [1.54, 1.807) is 27.0 Å². The lowest BCUT2D eigenvalue weighted by molar-refractivity contribution is -0.146. The van der Waals surface area contributed by atoms with E-state index in [4.69, 9.17) is 21.3 Å². The fourth-order valence-electron chi connectivity index (χ4n) is 4.57. The fourth-order valence-corrected chi connectivity index (χ4v) is 5.14. The van der Waals surface area contributed by atoms with E-state index in [1.165, 1.54) is 4.90 Å². The summed E-state index contributed by atoms with van der Waals surface area (Å²) in [5, 5.41) is 10.6. The Balaban J connectivity index is 1.71. The van der Waals surface area contributed by atoms with Gasteiger partial charge in [-0.2, -0.15) is 0 Å². The quantitative estimate of drug-likeness (QED) is 0.600. The smallest absolute Gasteiger partial charge is 0.411 e. The van der Waals surface area contributed by atoms with Crippen LogP contribution in [0.2, 0.25) is 5.02 Å². The molecular formula is C24H27BrClN3O4. The van der Waals surface area contributed by atoms with Crippen LogP contribution in [-0.2, 0) is 22.4 Å². The summed E-state index contributed by atoms with van der Waals surface area (Å²) in [7, 11) is 0. The van der Waals surface area contributed by atoms with Crippen molar-refractivity contribution in [3.8, 4) is 0 Å². The average molecular weight is 537 g/mol. The van der Waals surface area contributed by atoms with E-state index >= 15 is 0 Å². The van der Waals surface area contributed by atoms with E-state index in [-0.39, 0.29) is 19.1 Å². The molecule has 1 fully saturated rings. The lowest BCUT2D eigenvalue weighted by Gasteiger charge is -2.43. The molecular weight excluding hydrogens is 510 g/mol. The number of aryl methyl sites for hydroxylation is 2. The number of halogens is 2. The van der Waals surface area contributed by atoms with Gasteiger partial charge in [-0.1, -0.05) is 17.7 Å². The minimum absolute atomic E-state index is 0.165. The summed E-state index contributed by atoms with van der Waals surface area (Å²) < 4.78 is 6.37. The van der Waals surface area contributed by atoms with Crippen LogP contribution in [0.3, 0.4) is 0 Å². The molecule has 1 aliphatic heterocycles. The van der Waals surface area contributed by atoms with Gasteiger partial charge in [0.25, 0.3) is 0 Å². The number of rotatable bonds is 2. The second kappa shape index (κ2) is 9.24. The maximum absolute atomic E-state index is 12.7. The third-order valence-electron chi connectivity index (χ3n) is 5.98. The van der Waals surface area contributed by atoms with Crippen molar-refractivity contribution < 1.29 is 19.4 Å². The third kappa shape index (κ3) is 5.18. The highest BCUT2D eigenvalue weighted by Gasteiger charge is 2.41. The molecule has 2 aromatic rings. The molecule has 9 heteroatoms. The van der Waals surface area contributed by atoms with Gasteiger partial charge in [0, 0.05) is 35.3 Å². The molecule has 0 radical (unpaired) electrons. The van der Waals surface area contributed by atoms with Crippen molar-refractivity contribution in [1.82, 2.24) is 14.8 Å². The average Bonchev–Trinajstić information content (AvgIpc) is 2.88. The first-order valence-corrected chi connectivity index (χ1v) is 12.1. The van der Waals surface area contributed by atoms with Crippen molar-refractivity contribution >= 4 is 39.6 Å². The number of amides is 1. The van der Waals surface area contributed by atoms with Gasteiger partial charge in [0.2, 0.25) is 0 Å². The standard InChI is InChI=1S/C24H27BrClN3O4/c1-24(2,3)33-23(32)29-9-8-28(13-19(29)22(30)31)21-18-7-6-17(26)11-14(18)4-5-15-10-16(25)12-27-20(15)21/h6-7,10-12,19,21H,4-5,8-9,13H2,1-3H3,(H,30,31)/t19-,21-/m1/s1. The number of carboxylic acid groups (broad SMARTS) is 1. The molecule has 1 saturated heterocycles. The maximum Gasteiger partial charge on any atom is 0.411 e. The van der Waals surface area contributed by atoms with E-state index < -0.39 is 23.7 Å². The Labute approximate surface area is 206 Å². The Morgan fingerprint density at radius 3 is 2.61 bits per heavy atom. The van der Waals surface area contributed by atoms with Crippen molar-refractivity contribution in [2.75, 3.05) is 19.6 Å². The monoisotopic (exact) mass is 535 g/mol. The van der Waals surface area contributed by atoms with Crippen LogP contribution in [0.4, 0.5) is 4.79 Å². The van der Waals surface area contributed by atoms with Gasteiger partial charge in [0.15, 0.2) is 0 Å². The molecule has 176 valence electrons. The van der Waals surface area contributed by atoms with Crippen molar-refractivity contribution in [2.45, 2.75) is 51.3 Å². The van der Waals surface area contributed by atoms with E-state index in [9.17, 15) is 14.7 Å². The van der Waals surface area contributed by atoms with E-state index in [2.05, 4.69) is 26.9 Å². The number of nitrogens with zero attached hydrogens (tertiary/aromatic N) is 3. The number of fused-ring (bicyclic) bond motifs is 2. The second-order valence-electron chi connectivity index (χ2n) is 9.47. The van der Waals surface area contributed by atoms with Crippen molar-refractivity contribution in [3.63, 3.8) is 0 Å². The third-order valence-corrected chi connectivity index (χ3v) is 6.65. The molecule has 1 amide bonds. The topological polar surface area (TPSA) is 83.0 Å². The molecule has 1 N–H and O–H groups in total. The van der Waals surface area contributed by atoms with E-state index in [0.717, 1.165) is 39.7 Å². The SMILES string of the molecule is CC(C)(C)OC(=O)N1CCN([C@@H]2c3ccc(Cl)cc3CCc3cc(Br)cnc32)C[C@@H]1C(=O)O. The van der Waals surface area contributed by atoms with E-state index in [1.807, 2.05) is 18.2 Å². The highest BCUT2D eigenvalue weighted by Crippen LogP contribution is 2.38. The summed E-state index contributed by atoms with van der Waals surface area (Å²) in [6.45, 7) is 6.21. The lowest BCUT2D eigenvalue weighted by atomic mass is 9.95. The molecule has 33 heavy (non-hydrogen) atoms. The molecule has 2 atom stereocenters. The molecule has 0 saturated carbocycles. The maximum atomic E-state index is 12.7. The number of piperazine rings is 1. The minimum atomic E-state index is -1.06. The van der Waals surface area contributed by atoms with Gasteiger partial charge >= 0.3 is 12.1 Å². The number of aromatic nitrogens is 1. The van der Waals surface area contributed by atoms with Crippen LogP contribution in [-0.4, -0.2) is 63.2 Å². The summed E-state index contributed by atoms with van der Waals surface area (Å²) in [5.41, 5.74) is 3.52. The zero-order valence-corrected chi connectivity index (χ0v) is 21.2.